The zero-order chi connectivity index (χ0) is 43.6. The van der Waals surface area contributed by atoms with Crippen LogP contribution in [0.1, 0.15) is 135 Å². The summed E-state index contributed by atoms with van der Waals surface area (Å²) >= 11 is 0. The van der Waals surface area contributed by atoms with Crippen molar-refractivity contribution in [2.45, 2.75) is 135 Å². The van der Waals surface area contributed by atoms with Crippen molar-refractivity contribution in [3.8, 4) is 0 Å². The third kappa shape index (κ3) is 37.5. The molecule has 0 fully saturated rings. The first-order chi connectivity index (χ1) is 26.7. The molecule has 0 saturated carbocycles. The number of hydrogen-bond donors (Lipinski definition) is 13. The number of unbranched alkanes of at least 4 members (excludes halogenated alkanes) is 15. The molecule has 0 atom stereocenters. The normalized spacial score (nSPS) is 11.4. The van der Waals surface area contributed by atoms with E-state index in [0.29, 0.717) is 19.3 Å². The van der Waals surface area contributed by atoms with E-state index < -0.39 is 100 Å². The van der Waals surface area contributed by atoms with E-state index in [9.17, 15) is 14.4 Å². The van der Waals surface area contributed by atoms with E-state index in [0.717, 1.165) is 12.8 Å². The SMILES string of the molecule is CCCCCCCCCCCCCCCCCC(=O)O.O=C(O)CCCCC(=O)O.OCC(CO)(CO)CO.OCC(CO)(CO)COCC(CO)(CO)CO. The lowest BCUT2D eigenvalue weighted by Crippen LogP contribution is -2.43. The number of aliphatic carboxylic acids is 3. The second-order valence-electron chi connectivity index (χ2n) is 14.7. The minimum atomic E-state index is -1.16. The molecular weight excluding hydrogens is 740 g/mol. The molecule has 0 heterocycles. The summed E-state index contributed by atoms with van der Waals surface area (Å²) in [6.07, 6.45) is 21.2. The average Bonchev–Trinajstić information content (AvgIpc) is 3.20. The van der Waals surface area contributed by atoms with Gasteiger partial charge in [-0.05, 0) is 19.3 Å². The number of carboxylic acids is 3. The molecule has 17 heteroatoms. The molecule has 0 aromatic rings. The Morgan fingerprint density at radius 2 is 0.536 bits per heavy atom. The second kappa shape index (κ2) is 42.6. The monoisotopic (exact) mass is 821 g/mol. The summed E-state index contributed by atoms with van der Waals surface area (Å²) in [5.74, 6) is -2.39. The van der Waals surface area contributed by atoms with E-state index in [1.165, 1.54) is 83.5 Å². The van der Waals surface area contributed by atoms with E-state index in [2.05, 4.69) is 6.92 Å². The van der Waals surface area contributed by atoms with Crippen LogP contribution in [-0.2, 0) is 19.1 Å². The fourth-order valence-electron chi connectivity index (χ4n) is 4.56. The number of carbonyl (C=O) groups is 3. The molecule has 13 N–H and O–H groups in total. The number of rotatable bonds is 35. The zero-order valence-electron chi connectivity index (χ0n) is 34.1. The predicted molar refractivity (Wildman–Crippen MR) is 210 cm³/mol. The van der Waals surface area contributed by atoms with E-state index in [1.54, 1.807) is 0 Å². The van der Waals surface area contributed by atoms with E-state index >= 15 is 0 Å². The molecular formula is C39H80O17. The van der Waals surface area contributed by atoms with Crippen molar-refractivity contribution in [1.82, 2.24) is 0 Å². The summed E-state index contributed by atoms with van der Waals surface area (Å²) in [5, 5.41) is 113. The van der Waals surface area contributed by atoms with Crippen LogP contribution in [0.15, 0.2) is 0 Å². The number of hydrogen-bond acceptors (Lipinski definition) is 14. The van der Waals surface area contributed by atoms with Crippen molar-refractivity contribution < 1.29 is 85.5 Å². The van der Waals surface area contributed by atoms with Gasteiger partial charge in [0, 0.05) is 19.3 Å². The zero-order valence-corrected chi connectivity index (χ0v) is 34.1. The Morgan fingerprint density at radius 3 is 0.714 bits per heavy atom. The minimum Gasteiger partial charge on any atom is -0.481 e. The molecule has 0 bridgehead atoms. The first-order valence-electron chi connectivity index (χ1n) is 20.0. The molecule has 0 aromatic heterocycles. The van der Waals surface area contributed by atoms with E-state index in [4.69, 9.17) is 71.1 Å². The van der Waals surface area contributed by atoms with Crippen LogP contribution in [0.4, 0.5) is 0 Å². The van der Waals surface area contributed by atoms with Crippen LogP contribution in [0.25, 0.3) is 0 Å². The quantitative estimate of drug-likeness (QED) is 0.0406. The van der Waals surface area contributed by atoms with Crippen LogP contribution < -0.4 is 0 Å². The highest BCUT2D eigenvalue weighted by Crippen LogP contribution is 2.20. The predicted octanol–water partition coefficient (Wildman–Crippen LogP) is 1.92. The number of ether oxygens (including phenoxy) is 1. The summed E-state index contributed by atoms with van der Waals surface area (Å²) in [5.41, 5.74) is -3.43. The molecule has 0 radical (unpaired) electrons. The molecule has 0 rings (SSSR count). The number of aliphatic hydroxyl groups is 10. The van der Waals surface area contributed by atoms with E-state index in [1.807, 2.05) is 0 Å². The molecule has 0 aromatic carbocycles. The highest BCUT2D eigenvalue weighted by Gasteiger charge is 2.33. The topological polar surface area (TPSA) is 323 Å². The van der Waals surface area contributed by atoms with Gasteiger partial charge in [-0.15, -0.1) is 0 Å². The van der Waals surface area contributed by atoms with Crippen molar-refractivity contribution in [1.29, 1.82) is 0 Å². The molecule has 0 aliphatic heterocycles. The second-order valence-corrected chi connectivity index (χ2v) is 14.7. The van der Waals surface area contributed by atoms with Crippen molar-refractivity contribution in [3.05, 3.63) is 0 Å². The Morgan fingerprint density at radius 1 is 0.339 bits per heavy atom. The first-order valence-corrected chi connectivity index (χ1v) is 20.0. The van der Waals surface area contributed by atoms with Gasteiger partial charge in [0.1, 0.15) is 0 Å². The van der Waals surface area contributed by atoms with Crippen molar-refractivity contribution >= 4 is 17.9 Å². The molecule has 0 saturated heterocycles. The van der Waals surface area contributed by atoms with Gasteiger partial charge in [-0.1, -0.05) is 96.8 Å². The Kier molecular flexibility index (Phi) is 46.1. The molecule has 56 heavy (non-hydrogen) atoms. The van der Waals surface area contributed by atoms with Crippen LogP contribution in [0, 0.1) is 16.2 Å². The lowest BCUT2D eigenvalue weighted by atomic mass is 9.91. The Labute approximate surface area is 334 Å². The van der Waals surface area contributed by atoms with Gasteiger partial charge in [0.05, 0.1) is 95.5 Å². The van der Waals surface area contributed by atoms with Gasteiger partial charge in [-0.3, -0.25) is 14.4 Å². The molecule has 0 spiro atoms. The Bertz CT molecular complexity index is 793. The average molecular weight is 821 g/mol. The Balaban J connectivity index is -0.000000339. The number of carboxylic acid groups (broad SMARTS) is 3. The molecule has 338 valence electrons. The fourth-order valence-corrected chi connectivity index (χ4v) is 4.56. The largest absolute Gasteiger partial charge is 0.481 e. The summed E-state index contributed by atoms with van der Waals surface area (Å²) < 4.78 is 5.15. The lowest BCUT2D eigenvalue weighted by molar-refractivity contribution is -0.139. The fraction of sp³-hybridized carbons (Fsp3) is 0.923. The van der Waals surface area contributed by atoms with Gasteiger partial charge in [0.15, 0.2) is 0 Å². The minimum absolute atomic E-state index is 0.0628. The van der Waals surface area contributed by atoms with Gasteiger partial charge in [0.2, 0.25) is 0 Å². The highest BCUT2D eigenvalue weighted by molar-refractivity contribution is 5.68. The smallest absolute Gasteiger partial charge is 0.303 e. The van der Waals surface area contributed by atoms with Crippen molar-refractivity contribution in [2.75, 3.05) is 79.3 Å². The molecule has 0 unspecified atom stereocenters. The van der Waals surface area contributed by atoms with Crippen molar-refractivity contribution in [3.63, 3.8) is 0 Å². The first kappa shape index (κ1) is 60.6. The maximum Gasteiger partial charge on any atom is 0.303 e. The van der Waals surface area contributed by atoms with Gasteiger partial charge in [0.25, 0.3) is 0 Å². The highest BCUT2D eigenvalue weighted by atomic mass is 16.5. The van der Waals surface area contributed by atoms with E-state index in [-0.39, 0.29) is 26.1 Å². The van der Waals surface area contributed by atoms with Gasteiger partial charge < -0.3 is 71.1 Å². The van der Waals surface area contributed by atoms with Crippen LogP contribution in [-0.4, -0.2) is 164 Å². The lowest BCUT2D eigenvalue weighted by Gasteiger charge is -2.31. The van der Waals surface area contributed by atoms with Crippen LogP contribution in [0.2, 0.25) is 0 Å². The molecule has 0 aliphatic rings. The summed E-state index contributed by atoms with van der Waals surface area (Å²) in [4.78, 5) is 30.1. The molecule has 0 aliphatic carbocycles. The summed E-state index contributed by atoms with van der Waals surface area (Å²) in [7, 11) is 0. The third-order valence-corrected chi connectivity index (χ3v) is 9.20. The van der Waals surface area contributed by atoms with Crippen LogP contribution in [0.5, 0.6) is 0 Å². The summed E-state index contributed by atoms with van der Waals surface area (Å²) in [6, 6.07) is 0. The molecule has 0 amide bonds. The van der Waals surface area contributed by atoms with Gasteiger partial charge in [-0.2, -0.15) is 0 Å². The number of aliphatic hydroxyl groups excluding tert-OH is 10. The van der Waals surface area contributed by atoms with Gasteiger partial charge >= 0.3 is 17.9 Å². The maximum atomic E-state index is 10.3. The van der Waals surface area contributed by atoms with Crippen LogP contribution >= 0.6 is 0 Å². The van der Waals surface area contributed by atoms with Gasteiger partial charge in [-0.25, -0.2) is 0 Å². The standard InChI is InChI=1S/C18H36O2.C10H22O7.C6H10O4.C5H12O4/c1-2-3-4-5-6-7-8-9-10-11-12-13-14-15-16-17-18(19)20;11-1-9(2-12,3-13)7-17-8-10(4-14,5-15)6-16;7-5(8)3-1-2-4-6(9)10;6-1-5(2-7,3-8)4-9/h2-17H2,1H3,(H,19,20);11-16H,1-8H2;1-4H2,(H,7,8)(H,9,10);6-9H,1-4H2. The van der Waals surface area contributed by atoms with Crippen LogP contribution in [0.3, 0.4) is 0 Å². The third-order valence-electron chi connectivity index (χ3n) is 9.20. The Hall–Kier alpha value is -2.03. The summed E-state index contributed by atoms with van der Waals surface area (Å²) in [6.45, 7) is -2.36. The molecule has 17 nitrogen and oxygen atoms in total. The maximum absolute atomic E-state index is 10.3. The van der Waals surface area contributed by atoms with Crippen molar-refractivity contribution in [2.24, 2.45) is 16.2 Å².